The van der Waals surface area contributed by atoms with Gasteiger partial charge in [0, 0.05) is 13.1 Å². The quantitative estimate of drug-likeness (QED) is 0.635. The highest BCUT2D eigenvalue weighted by Gasteiger charge is 2.02. The van der Waals surface area contributed by atoms with Gasteiger partial charge in [0.05, 0.1) is 17.1 Å². The molecule has 1 aromatic carbocycles. The third kappa shape index (κ3) is 1.27. The zero-order chi connectivity index (χ0) is 9.97. The summed E-state index contributed by atoms with van der Waals surface area (Å²) in [7, 11) is 1.94. The Morgan fingerprint density at radius 3 is 2.93 bits per heavy atom. The van der Waals surface area contributed by atoms with E-state index in [-0.39, 0.29) is 0 Å². The van der Waals surface area contributed by atoms with E-state index in [0.29, 0.717) is 0 Å². The summed E-state index contributed by atoms with van der Waals surface area (Å²) in [6.45, 7) is 0. The Balaban J connectivity index is 2.64. The number of aryl methyl sites for hydroxylation is 1. The fraction of sp³-hybridized carbons (Fsp3) is 0.0909. The third-order valence-electron chi connectivity index (χ3n) is 2.13. The lowest BCUT2D eigenvalue weighted by Gasteiger charge is -1.94. The smallest absolute Gasteiger partial charge is 0.134 e. The molecular formula is C11H9N3. The number of aromatic nitrogens is 2. The fourth-order valence-corrected chi connectivity index (χ4v) is 1.43. The van der Waals surface area contributed by atoms with Crippen LogP contribution in [0.15, 0.2) is 30.3 Å². The third-order valence-corrected chi connectivity index (χ3v) is 2.13. The van der Waals surface area contributed by atoms with E-state index in [9.17, 15) is 0 Å². The van der Waals surface area contributed by atoms with Gasteiger partial charge in [0.1, 0.15) is 5.82 Å². The summed E-state index contributed by atoms with van der Waals surface area (Å²) in [4.78, 5) is 4.37. The van der Waals surface area contributed by atoms with Crippen LogP contribution < -0.4 is 0 Å². The maximum atomic E-state index is 8.42. The van der Waals surface area contributed by atoms with Crippen LogP contribution in [0.25, 0.3) is 17.1 Å². The molecule has 0 spiro atoms. The number of rotatable bonds is 1. The lowest BCUT2D eigenvalue weighted by molar-refractivity contribution is 0.930. The molecule has 0 aliphatic rings. The Morgan fingerprint density at radius 1 is 1.43 bits per heavy atom. The Bertz CT molecular complexity index is 529. The zero-order valence-electron chi connectivity index (χ0n) is 7.81. The van der Waals surface area contributed by atoms with Crippen molar-refractivity contribution in [2.75, 3.05) is 0 Å². The summed E-state index contributed by atoms with van der Waals surface area (Å²) in [5.74, 6) is 0.799. The van der Waals surface area contributed by atoms with Gasteiger partial charge in [0.25, 0.3) is 0 Å². The molecule has 0 radical (unpaired) electrons. The van der Waals surface area contributed by atoms with Crippen molar-refractivity contribution in [3.8, 4) is 6.07 Å². The molecule has 2 aromatic rings. The van der Waals surface area contributed by atoms with Crippen LogP contribution in [0.3, 0.4) is 0 Å². The summed E-state index contributed by atoms with van der Waals surface area (Å²) < 4.78 is 1.96. The van der Waals surface area contributed by atoms with Crippen LogP contribution in [-0.4, -0.2) is 9.55 Å². The molecule has 3 nitrogen and oxygen atoms in total. The number of hydrogen-bond donors (Lipinski definition) is 0. The zero-order valence-corrected chi connectivity index (χ0v) is 7.81. The Kier molecular flexibility index (Phi) is 2.04. The number of imidazole rings is 1. The van der Waals surface area contributed by atoms with E-state index in [2.05, 4.69) is 4.98 Å². The SMILES string of the molecule is Cn1c(C=CC#N)nc2ccccc21. The molecule has 0 atom stereocenters. The number of fused-ring (bicyclic) bond motifs is 1. The average Bonchev–Trinajstić information content (AvgIpc) is 2.54. The highest BCUT2D eigenvalue weighted by Crippen LogP contribution is 2.14. The molecule has 0 aliphatic carbocycles. The molecule has 0 saturated heterocycles. The molecule has 68 valence electrons. The Labute approximate surface area is 81.9 Å². The maximum Gasteiger partial charge on any atom is 0.134 e. The van der Waals surface area contributed by atoms with E-state index in [1.165, 1.54) is 6.08 Å². The molecule has 0 amide bonds. The molecule has 0 unspecified atom stereocenters. The molecule has 14 heavy (non-hydrogen) atoms. The van der Waals surface area contributed by atoms with Gasteiger partial charge in [-0.25, -0.2) is 4.98 Å². The normalized spacial score (nSPS) is 10.9. The number of hydrogen-bond acceptors (Lipinski definition) is 2. The van der Waals surface area contributed by atoms with Gasteiger partial charge >= 0.3 is 0 Å². The second-order valence-electron chi connectivity index (χ2n) is 2.98. The van der Waals surface area contributed by atoms with Crippen molar-refractivity contribution in [1.29, 1.82) is 5.26 Å². The molecule has 0 saturated carbocycles. The highest BCUT2D eigenvalue weighted by atomic mass is 15.0. The van der Waals surface area contributed by atoms with Crippen molar-refractivity contribution < 1.29 is 0 Å². The van der Waals surface area contributed by atoms with Crippen molar-refractivity contribution in [2.45, 2.75) is 0 Å². The lowest BCUT2D eigenvalue weighted by Crippen LogP contribution is -1.90. The van der Waals surface area contributed by atoms with Gasteiger partial charge in [-0.1, -0.05) is 12.1 Å². The van der Waals surface area contributed by atoms with Gasteiger partial charge in [-0.05, 0) is 18.2 Å². The minimum Gasteiger partial charge on any atom is -0.328 e. The summed E-state index contributed by atoms with van der Waals surface area (Å²) >= 11 is 0. The van der Waals surface area contributed by atoms with Crippen LogP contribution in [-0.2, 0) is 7.05 Å². The second-order valence-corrected chi connectivity index (χ2v) is 2.98. The van der Waals surface area contributed by atoms with Gasteiger partial charge < -0.3 is 4.57 Å². The number of benzene rings is 1. The van der Waals surface area contributed by atoms with E-state index in [1.54, 1.807) is 6.08 Å². The molecule has 3 heteroatoms. The molecule has 2 rings (SSSR count). The van der Waals surface area contributed by atoms with Crippen LogP contribution in [0.2, 0.25) is 0 Å². The molecule has 1 aromatic heterocycles. The Hall–Kier alpha value is -2.08. The van der Waals surface area contributed by atoms with Crippen molar-refractivity contribution in [3.05, 3.63) is 36.2 Å². The number of nitrogens with zero attached hydrogens (tertiary/aromatic N) is 3. The van der Waals surface area contributed by atoms with Gasteiger partial charge in [-0.15, -0.1) is 0 Å². The fourth-order valence-electron chi connectivity index (χ4n) is 1.43. The van der Waals surface area contributed by atoms with Crippen LogP contribution in [0.5, 0.6) is 0 Å². The summed E-state index contributed by atoms with van der Waals surface area (Å²) in [6, 6.07) is 9.84. The molecule has 1 heterocycles. The van der Waals surface area contributed by atoms with Crippen LogP contribution in [0.1, 0.15) is 5.82 Å². The second kappa shape index (κ2) is 3.35. The summed E-state index contributed by atoms with van der Waals surface area (Å²) in [6.07, 6.45) is 3.14. The van der Waals surface area contributed by atoms with Gasteiger partial charge in [0.15, 0.2) is 0 Å². The predicted molar refractivity (Wildman–Crippen MR) is 55.4 cm³/mol. The number of allylic oxidation sites excluding steroid dienone is 1. The van der Waals surface area contributed by atoms with Gasteiger partial charge in [-0.2, -0.15) is 5.26 Å². The van der Waals surface area contributed by atoms with Crippen molar-refractivity contribution in [3.63, 3.8) is 0 Å². The first kappa shape index (κ1) is 8.52. The van der Waals surface area contributed by atoms with E-state index in [0.717, 1.165) is 16.9 Å². The molecule has 0 bridgehead atoms. The first-order chi connectivity index (χ1) is 6.83. The Morgan fingerprint density at radius 2 is 2.21 bits per heavy atom. The minimum absolute atomic E-state index is 0.799. The van der Waals surface area contributed by atoms with E-state index in [4.69, 9.17) is 5.26 Å². The van der Waals surface area contributed by atoms with E-state index in [1.807, 2.05) is 41.9 Å². The number of nitriles is 1. The standard InChI is InChI=1S/C11H9N3/c1-14-10-6-3-2-5-9(10)13-11(14)7-4-8-12/h2-7H,1H3. The topological polar surface area (TPSA) is 41.6 Å². The van der Waals surface area contributed by atoms with E-state index >= 15 is 0 Å². The molecular weight excluding hydrogens is 174 g/mol. The largest absolute Gasteiger partial charge is 0.328 e. The van der Waals surface area contributed by atoms with Crippen LogP contribution in [0, 0.1) is 11.3 Å². The predicted octanol–water partition coefficient (Wildman–Crippen LogP) is 2.11. The van der Waals surface area contributed by atoms with E-state index < -0.39 is 0 Å². The molecule has 0 fully saturated rings. The minimum atomic E-state index is 0.799. The van der Waals surface area contributed by atoms with Crippen LogP contribution >= 0.6 is 0 Å². The summed E-state index contributed by atoms with van der Waals surface area (Å²) in [5.41, 5.74) is 2.03. The lowest BCUT2D eigenvalue weighted by atomic mass is 10.3. The first-order valence-corrected chi connectivity index (χ1v) is 4.30. The molecule has 0 N–H and O–H groups in total. The summed E-state index contributed by atoms with van der Waals surface area (Å²) in [5, 5.41) is 8.42. The first-order valence-electron chi connectivity index (χ1n) is 4.30. The average molecular weight is 183 g/mol. The maximum absolute atomic E-state index is 8.42. The highest BCUT2D eigenvalue weighted by molar-refractivity contribution is 5.77. The van der Waals surface area contributed by atoms with Crippen molar-refractivity contribution >= 4 is 17.1 Å². The monoisotopic (exact) mass is 183 g/mol. The van der Waals surface area contributed by atoms with Crippen LogP contribution in [0.4, 0.5) is 0 Å². The molecule has 0 aliphatic heterocycles. The number of para-hydroxylation sites is 2. The van der Waals surface area contributed by atoms with Gasteiger partial charge in [-0.3, -0.25) is 0 Å². The van der Waals surface area contributed by atoms with Crippen molar-refractivity contribution in [1.82, 2.24) is 9.55 Å². The van der Waals surface area contributed by atoms with Crippen molar-refractivity contribution in [2.24, 2.45) is 7.05 Å². The van der Waals surface area contributed by atoms with Gasteiger partial charge in [0.2, 0.25) is 0 Å².